The number of hydrogen-bond acceptors (Lipinski definition) is 5. The van der Waals surface area contributed by atoms with Gasteiger partial charge in [0.05, 0.1) is 12.6 Å². The van der Waals surface area contributed by atoms with E-state index in [4.69, 9.17) is 9.47 Å². The molecule has 1 rings (SSSR count). The first-order valence-electron chi connectivity index (χ1n) is 6.79. The fourth-order valence-corrected chi connectivity index (χ4v) is 1.80. The van der Waals surface area contributed by atoms with Crippen molar-refractivity contribution in [3.63, 3.8) is 0 Å². The number of ether oxygens (including phenoxy) is 2. The molecule has 21 heavy (non-hydrogen) atoms. The molecule has 1 fully saturated rings. The Morgan fingerprint density at radius 1 is 1.38 bits per heavy atom. The lowest BCUT2D eigenvalue weighted by molar-refractivity contribution is -0.137. The van der Waals surface area contributed by atoms with Crippen molar-refractivity contribution in [2.45, 2.75) is 52.3 Å². The molecule has 7 nitrogen and oxygen atoms in total. The molecule has 0 spiro atoms. The fourth-order valence-electron chi connectivity index (χ4n) is 1.80. The topological polar surface area (TPSA) is 93.7 Å². The Balaban J connectivity index is 2.64. The summed E-state index contributed by atoms with van der Waals surface area (Å²) in [6, 6.07) is -1.18. The van der Waals surface area contributed by atoms with Crippen LogP contribution in [0.2, 0.25) is 0 Å². The number of nitrogens with one attached hydrogen (secondary N) is 2. The molecule has 2 unspecified atom stereocenters. The van der Waals surface area contributed by atoms with Crippen molar-refractivity contribution in [3.05, 3.63) is 11.6 Å². The minimum Gasteiger partial charge on any atom is -0.463 e. The lowest BCUT2D eigenvalue weighted by Gasteiger charge is -2.37. The Hall–Kier alpha value is -2.05. The van der Waals surface area contributed by atoms with Gasteiger partial charge in [0.2, 0.25) is 5.91 Å². The molecule has 1 saturated heterocycles. The first kappa shape index (κ1) is 17.0. The van der Waals surface area contributed by atoms with Crippen molar-refractivity contribution in [1.29, 1.82) is 0 Å². The van der Waals surface area contributed by atoms with Crippen molar-refractivity contribution in [1.82, 2.24) is 10.6 Å². The van der Waals surface area contributed by atoms with Crippen molar-refractivity contribution in [2.24, 2.45) is 0 Å². The van der Waals surface area contributed by atoms with Crippen molar-refractivity contribution < 1.29 is 23.9 Å². The van der Waals surface area contributed by atoms with E-state index in [0.717, 1.165) is 0 Å². The van der Waals surface area contributed by atoms with Gasteiger partial charge >= 0.3 is 12.1 Å². The lowest BCUT2D eigenvalue weighted by Crippen LogP contribution is -2.69. The van der Waals surface area contributed by atoms with Crippen LogP contribution in [-0.2, 0) is 19.1 Å². The third-order valence-electron chi connectivity index (χ3n) is 2.71. The monoisotopic (exact) mass is 298 g/mol. The van der Waals surface area contributed by atoms with Crippen LogP contribution in [0, 0.1) is 0 Å². The normalized spacial score (nSPS) is 22.0. The van der Waals surface area contributed by atoms with Crippen LogP contribution in [0.5, 0.6) is 0 Å². The van der Waals surface area contributed by atoms with Gasteiger partial charge in [0, 0.05) is 6.08 Å². The molecule has 0 bridgehead atoms. The van der Waals surface area contributed by atoms with Gasteiger partial charge in [-0.2, -0.15) is 0 Å². The van der Waals surface area contributed by atoms with Crippen LogP contribution < -0.4 is 10.6 Å². The van der Waals surface area contributed by atoms with E-state index in [9.17, 15) is 14.4 Å². The SMILES string of the molecule is CCOC(=O)C=C(C)C1NC(=O)C1NC(=O)OC(C)(C)C. The Bertz CT molecular complexity index is 464. The van der Waals surface area contributed by atoms with Crippen LogP contribution >= 0.6 is 0 Å². The first-order valence-corrected chi connectivity index (χ1v) is 6.79. The van der Waals surface area contributed by atoms with Crippen LogP contribution in [0.4, 0.5) is 4.79 Å². The quantitative estimate of drug-likeness (QED) is 0.456. The molecule has 2 N–H and O–H groups in total. The molecule has 0 aromatic carbocycles. The van der Waals surface area contributed by atoms with Crippen LogP contribution in [-0.4, -0.2) is 42.3 Å². The average molecular weight is 298 g/mol. The molecule has 0 aliphatic carbocycles. The molecule has 2 amide bonds. The maximum absolute atomic E-state index is 11.7. The second-order valence-corrected chi connectivity index (χ2v) is 5.75. The van der Waals surface area contributed by atoms with Gasteiger partial charge in [0.1, 0.15) is 11.6 Å². The van der Waals surface area contributed by atoms with Crippen molar-refractivity contribution >= 4 is 18.0 Å². The van der Waals surface area contributed by atoms with Gasteiger partial charge in [0.15, 0.2) is 0 Å². The molecular weight excluding hydrogens is 276 g/mol. The highest BCUT2D eigenvalue weighted by atomic mass is 16.6. The molecule has 0 saturated carbocycles. The highest BCUT2D eigenvalue weighted by molar-refractivity contribution is 5.94. The average Bonchev–Trinajstić information content (AvgIpc) is 2.31. The summed E-state index contributed by atoms with van der Waals surface area (Å²) in [5.74, 6) is -0.797. The van der Waals surface area contributed by atoms with E-state index in [1.165, 1.54) is 6.08 Å². The van der Waals surface area contributed by atoms with Gasteiger partial charge in [-0.25, -0.2) is 9.59 Å². The van der Waals surface area contributed by atoms with E-state index in [1.54, 1.807) is 34.6 Å². The zero-order valence-electron chi connectivity index (χ0n) is 13.0. The van der Waals surface area contributed by atoms with Crippen LogP contribution in [0.25, 0.3) is 0 Å². The number of amides is 2. The van der Waals surface area contributed by atoms with Crippen molar-refractivity contribution in [3.8, 4) is 0 Å². The van der Waals surface area contributed by atoms with E-state index in [2.05, 4.69) is 10.6 Å². The van der Waals surface area contributed by atoms with Crippen LogP contribution in [0.3, 0.4) is 0 Å². The lowest BCUT2D eigenvalue weighted by atomic mass is 9.92. The van der Waals surface area contributed by atoms with Gasteiger partial charge in [-0.05, 0) is 40.2 Å². The maximum atomic E-state index is 11.7. The van der Waals surface area contributed by atoms with Gasteiger partial charge in [-0.15, -0.1) is 0 Å². The molecular formula is C14H22N2O5. The summed E-state index contributed by atoms with van der Waals surface area (Å²) in [4.78, 5) is 34.6. The molecule has 2 atom stereocenters. The van der Waals surface area contributed by atoms with Gasteiger partial charge in [-0.1, -0.05) is 0 Å². The molecule has 0 aromatic heterocycles. The Kier molecular flexibility index (Phi) is 5.34. The van der Waals surface area contributed by atoms with E-state index in [-0.39, 0.29) is 12.5 Å². The van der Waals surface area contributed by atoms with Gasteiger partial charge in [0.25, 0.3) is 0 Å². The number of hydrogen-bond donors (Lipinski definition) is 2. The fraction of sp³-hybridized carbons (Fsp3) is 0.643. The third kappa shape index (κ3) is 5.09. The highest BCUT2D eigenvalue weighted by Crippen LogP contribution is 2.16. The second-order valence-electron chi connectivity index (χ2n) is 5.75. The molecule has 0 radical (unpaired) electrons. The minimum atomic E-state index is -0.745. The first-order chi connectivity index (χ1) is 9.64. The number of alkyl carbamates (subject to hydrolysis) is 1. The molecule has 1 aliphatic rings. The van der Waals surface area contributed by atoms with Crippen molar-refractivity contribution in [2.75, 3.05) is 6.61 Å². The van der Waals surface area contributed by atoms with Gasteiger partial charge < -0.3 is 20.1 Å². The molecule has 118 valence electrons. The van der Waals surface area contributed by atoms with E-state index in [1.807, 2.05) is 0 Å². The summed E-state index contributed by atoms with van der Waals surface area (Å²) in [7, 11) is 0. The number of esters is 1. The second kappa shape index (κ2) is 6.60. The van der Waals surface area contributed by atoms with Gasteiger partial charge in [-0.3, -0.25) is 4.79 Å². The van der Waals surface area contributed by atoms with E-state index < -0.39 is 29.7 Å². The summed E-state index contributed by atoms with van der Waals surface area (Å²) >= 11 is 0. The standard InChI is InChI=1S/C14H22N2O5/c1-6-20-9(17)7-8(2)10-11(12(18)15-10)16-13(19)21-14(3,4)5/h7,10-11H,6H2,1-5H3,(H,15,18)(H,16,19). The summed E-state index contributed by atoms with van der Waals surface area (Å²) in [5, 5.41) is 5.12. The molecule has 0 aromatic rings. The van der Waals surface area contributed by atoms with E-state index in [0.29, 0.717) is 5.57 Å². The Morgan fingerprint density at radius 2 is 2.00 bits per heavy atom. The maximum Gasteiger partial charge on any atom is 0.408 e. The summed E-state index contributed by atoms with van der Waals surface area (Å²) in [6.45, 7) is 8.87. The van der Waals surface area contributed by atoms with Crippen LogP contribution in [0.15, 0.2) is 11.6 Å². The molecule has 1 heterocycles. The zero-order chi connectivity index (χ0) is 16.2. The van der Waals surface area contributed by atoms with E-state index >= 15 is 0 Å². The molecule has 1 aliphatic heterocycles. The largest absolute Gasteiger partial charge is 0.463 e. The van der Waals surface area contributed by atoms with Crippen LogP contribution in [0.1, 0.15) is 34.6 Å². The number of carbonyl (C=O) groups excluding carboxylic acids is 3. The number of β-lactam (4-membered cyclic amide) rings is 1. The number of rotatable bonds is 4. The summed E-state index contributed by atoms with van der Waals surface area (Å²) in [5.41, 5.74) is -0.0376. The zero-order valence-corrected chi connectivity index (χ0v) is 13.0. The summed E-state index contributed by atoms with van der Waals surface area (Å²) < 4.78 is 9.90. The minimum absolute atomic E-state index is 0.277. The molecule has 7 heteroatoms. The smallest absolute Gasteiger partial charge is 0.408 e. The third-order valence-corrected chi connectivity index (χ3v) is 2.71. The number of carbonyl (C=O) groups is 3. The highest BCUT2D eigenvalue weighted by Gasteiger charge is 2.42. The predicted molar refractivity (Wildman–Crippen MR) is 75.5 cm³/mol. The Morgan fingerprint density at radius 3 is 2.48 bits per heavy atom. The summed E-state index contributed by atoms with van der Waals surface area (Å²) in [6.07, 6.45) is 0.633. The Labute approximate surface area is 124 Å². The predicted octanol–water partition coefficient (Wildman–Crippen LogP) is 0.887.